The highest BCUT2D eigenvalue weighted by atomic mass is 16.7. The predicted octanol–water partition coefficient (Wildman–Crippen LogP) is 7.63. The Balaban J connectivity index is 0.000000184. The van der Waals surface area contributed by atoms with E-state index in [1.54, 1.807) is 31.4 Å². The van der Waals surface area contributed by atoms with Crippen LogP contribution in [-0.4, -0.2) is 18.5 Å². The van der Waals surface area contributed by atoms with Crippen LogP contribution in [0.15, 0.2) is 92.0 Å². The topological polar surface area (TPSA) is 38.7 Å². The lowest BCUT2D eigenvalue weighted by Crippen LogP contribution is -2.24. The zero-order valence-electron chi connectivity index (χ0n) is 19.8. The molecule has 1 unspecified atom stereocenters. The first kappa shape index (κ1) is 25.7. The molecule has 4 rings (SSSR count). The molecule has 3 aromatic carbocycles. The van der Waals surface area contributed by atoms with Gasteiger partial charge in [-0.15, -0.1) is 0 Å². The molecular formula is C30H34O3. The molecular weight excluding hydrogens is 408 g/mol. The number of allylic oxidation sites excluding steroid dienone is 1. The minimum Gasteiger partial charge on any atom is -0.507 e. The van der Waals surface area contributed by atoms with Gasteiger partial charge in [-0.1, -0.05) is 106 Å². The zero-order valence-corrected chi connectivity index (χ0v) is 19.8. The van der Waals surface area contributed by atoms with Crippen LogP contribution < -0.4 is 4.74 Å². The van der Waals surface area contributed by atoms with Crippen molar-refractivity contribution in [3.8, 4) is 11.5 Å². The fraction of sp³-hybridized carbons (Fsp3) is 0.200. The summed E-state index contributed by atoms with van der Waals surface area (Å²) in [5, 5.41) is 9.04. The van der Waals surface area contributed by atoms with Crippen molar-refractivity contribution in [2.45, 2.75) is 26.6 Å². The molecule has 1 N–H and O–H groups in total. The van der Waals surface area contributed by atoms with Gasteiger partial charge in [-0.05, 0) is 41.3 Å². The van der Waals surface area contributed by atoms with Gasteiger partial charge in [0.05, 0.1) is 0 Å². The Labute approximate surface area is 198 Å². The first-order valence-electron chi connectivity index (χ1n) is 11.0. The van der Waals surface area contributed by atoms with Crippen LogP contribution in [-0.2, 0) is 11.2 Å². The van der Waals surface area contributed by atoms with Crippen molar-refractivity contribution in [3.05, 3.63) is 114 Å². The van der Waals surface area contributed by atoms with E-state index in [1.807, 2.05) is 36.4 Å². The number of phenolic OH excluding ortho intramolecular Hbond substituents is 1. The maximum atomic E-state index is 9.04. The average molecular weight is 443 g/mol. The van der Waals surface area contributed by atoms with Crippen LogP contribution in [0.25, 0.3) is 18.2 Å². The van der Waals surface area contributed by atoms with E-state index >= 15 is 0 Å². The molecule has 0 saturated carbocycles. The lowest BCUT2D eigenvalue weighted by Gasteiger charge is -2.20. The molecule has 0 spiro atoms. The molecule has 1 aliphatic rings. The van der Waals surface area contributed by atoms with E-state index in [9.17, 15) is 0 Å². The van der Waals surface area contributed by atoms with E-state index in [2.05, 4.69) is 63.4 Å². The highest BCUT2D eigenvalue weighted by molar-refractivity contribution is 5.59. The maximum Gasteiger partial charge on any atom is 0.201 e. The second kappa shape index (κ2) is 13.8. The largest absolute Gasteiger partial charge is 0.507 e. The Morgan fingerprint density at radius 3 is 2.09 bits per heavy atom. The highest BCUT2D eigenvalue weighted by Gasteiger charge is 2.13. The summed E-state index contributed by atoms with van der Waals surface area (Å²) in [6.45, 7) is 11.4. The van der Waals surface area contributed by atoms with Crippen molar-refractivity contribution < 1.29 is 14.6 Å². The van der Waals surface area contributed by atoms with Gasteiger partial charge in [-0.3, -0.25) is 0 Å². The molecule has 1 atom stereocenters. The third-order valence-electron chi connectivity index (χ3n) is 4.99. The fourth-order valence-electron chi connectivity index (χ4n) is 3.13. The van der Waals surface area contributed by atoms with Crippen LogP contribution in [0.5, 0.6) is 11.5 Å². The number of hydrogen-bond acceptors (Lipinski definition) is 3. The van der Waals surface area contributed by atoms with Gasteiger partial charge in [-0.25, -0.2) is 0 Å². The Kier molecular flexibility index (Phi) is 10.7. The Morgan fingerprint density at radius 1 is 0.879 bits per heavy atom. The molecule has 0 heterocycles. The average Bonchev–Trinajstić information content (AvgIpc) is 3.33. The minimum atomic E-state index is -0.195. The van der Waals surface area contributed by atoms with Crippen molar-refractivity contribution in [3.63, 3.8) is 0 Å². The molecule has 0 radical (unpaired) electrons. The van der Waals surface area contributed by atoms with Gasteiger partial charge in [0.1, 0.15) is 11.5 Å². The summed E-state index contributed by atoms with van der Waals surface area (Å²) >= 11 is 0. The van der Waals surface area contributed by atoms with Crippen LogP contribution in [0, 0.1) is 5.92 Å². The van der Waals surface area contributed by atoms with E-state index < -0.39 is 0 Å². The normalized spacial score (nSPS) is 11.9. The molecule has 0 bridgehead atoms. The van der Waals surface area contributed by atoms with Crippen LogP contribution in [0.1, 0.15) is 36.1 Å². The lowest BCUT2D eigenvalue weighted by atomic mass is 10.1. The third-order valence-corrected chi connectivity index (χ3v) is 4.99. The summed E-state index contributed by atoms with van der Waals surface area (Å²) in [7, 11) is 1.66. The summed E-state index contributed by atoms with van der Waals surface area (Å²) in [6.07, 6.45) is 8.73. The minimum absolute atomic E-state index is 0.195. The van der Waals surface area contributed by atoms with Crippen LogP contribution in [0.3, 0.4) is 0 Å². The van der Waals surface area contributed by atoms with Gasteiger partial charge in [0.25, 0.3) is 0 Å². The van der Waals surface area contributed by atoms with E-state index in [1.165, 1.54) is 11.1 Å². The molecule has 0 aromatic heterocycles. The summed E-state index contributed by atoms with van der Waals surface area (Å²) in [4.78, 5) is 0. The molecule has 0 fully saturated rings. The van der Waals surface area contributed by atoms with Gasteiger partial charge in [0.2, 0.25) is 6.29 Å². The fourth-order valence-corrected chi connectivity index (χ4v) is 3.13. The SMILES string of the molecule is C1=Cc2ccccc2C1.C=Cc1ccc(OC(OC)C(C)C)cc1.C=Cc1ccccc1O. The number of phenols is 1. The monoisotopic (exact) mass is 442 g/mol. The first-order valence-corrected chi connectivity index (χ1v) is 11.0. The molecule has 172 valence electrons. The second-order valence-electron chi connectivity index (χ2n) is 7.81. The molecule has 3 heteroatoms. The van der Waals surface area contributed by atoms with Gasteiger partial charge >= 0.3 is 0 Å². The summed E-state index contributed by atoms with van der Waals surface area (Å²) in [6, 6.07) is 23.4. The first-order chi connectivity index (χ1) is 16.0. The number of benzene rings is 3. The smallest absolute Gasteiger partial charge is 0.201 e. The second-order valence-corrected chi connectivity index (χ2v) is 7.81. The number of fused-ring (bicyclic) bond motifs is 1. The summed E-state index contributed by atoms with van der Waals surface area (Å²) < 4.78 is 10.9. The van der Waals surface area contributed by atoms with E-state index in [0.717, 1.165) is 23.3 Å². The van der Waals surface area contributed by atoms with Gasteiger partial charge in [0, 0.05) is 18.6 Å². The molecule has 3 aromatic rings. The predicted molar refractivity (Wildman–Crippen MR) is 140 cm³/mol. The number of rotatable bonds is 6. The number of para-hydroxylation sites is 1. The lowest BCUT2D eigenvalue weighted by molar-refractivity contribution is -0.0833. The van der Waals surface area contributed by atoms with Crippen LogP contribution in [0.4, 0.5) is 0 Å². The third kappa shape index (κ3) is 8.47. The number of ether oxygens (including phenoxy) is 2. The van der Waals surface area contributed by atoms with Crippen molar-refractivity contribution in [1.29, 1.82) is 0 Å². The Hall–Kier alpha value is -3.56. The Morgan fingerprint density at radius 2 is 1.55 bits per heavy atom. The van der Waals surface area contributed by atoms with Gasteiger partial charge in [0.15, 0.2) is 0 Å². The zero-order chi connectivity index (χ0) is 24.1. The quantitative estimate of drug-likeness (QED) is 0.399. The Bertz CT molecular complexity index is 1030. The molecule has 33 heavy (non-hydrogen) atoms. The number of methoxy groups -OCH3 is 1. The maximum absolute atomic E-state index is 9.04. The number of aromatic hydroxyl groups is 1. The molecule has 0 saturated heterocycles. The molecule has 3 nitrogen and oxygen atoms in total. The van der Waals surface area contributed by atoms with Gasteiger partial charge in [-0.2, -0.15) is 0 Å². The van der Waals surface area contributed by atoms with Crippen molar-refractivity contribution in [2.75, 3.05) is 7.11 Å². The van der Waals surface area contributed by atoms with Crippen molar-refractivity contribution in [1.82, 2.24) is 0 Å². The van der Waals surface area contributed by atoms with E-state index in [4.69, 9.17) is 14.6 Å². The summed E-state index contributed by atoms with van der Waals surface area (Å²) in [5.41, 5.74) is 4.70. The standard InChI is InChI=1S/C13H18O2.C9H8.C8H8O/c1-5-11-6-8-12(9-7-11)15-13(14-4)10(2)3;1-2-5-9-7-3-6-8(9)4-1;1-2-7-5-3-4-6-8(7)9/h5-10,13H,1H2,2-4H3;1-6H,7H2;2-6,9H,1H2. The van der Waals surface area contributed by atoms with Crippen molar-refractivity contribution in [2.24, 2.45) is 5.92 Å². The molecule has 0 aliphatic heterocycles. The van der Waals surface area contributed by atoms with E-state index in [0.29, 0.717) is 5.92 Å². The summed E-state index contributed by atoms with van der Waals surface area (Å²) in [5.74, 6) is 1.43. The van der Waals surface area contributed by atoms with Crippen LogP contribution >= 0.6 is 0 Å². The van der Waals surface area contributed by atoms with Gasteiger partial charge < -0.3 is 14.6 Å². The number of hydrogen-bond donors (Lipinski definition) is 1. The molecule has 0 amide bonds. The van der Waals surface area contributed by atoms with E-state index in [-0.39, 0.29) is 12.0 Å². The highest BCUT2D eigenvalue weighted by Crippen LogP contribution is 2.18. The van der Waals surface area contributed by atoms with Crippen LogP contribution in [0.2, 0.25) is 0 Å². The van der Waals surface area contributed by atoms with Crippen molar-refractivity contribution >= 4 is 18.2 Å². The molecule has 1 aliphatic carbocycles.